The monoisotopic (exact) mass is 282 g/mol. The number of nitro groups is 1. The standard InChI is InChI=1S/C12H18N4O4/c1-8-11(16(18)19)9(2)15(13-8)10(3)12(17)14-4-6-20-7-5-14/h10H,4-7H2,1-3H3/t10-/m0/s1. The molecular formula is C12H18N4O4. The van der Waals surface area contributed by atoms with Gasteiger partial charge in [-0.05, 0) is 20.8 Å². The third kappa shape index (κ3) is 2.51. The first kappa shape index (κ1) is 14.4. The minimum atomic E-state index is -0.555. The summed E-state index contributed by atoms with van der Waals surface area (Å²) in [5, 5.41) is 15.1. The highest BCUT2D eigenvalue weighted by molar-refractivity contribution is 5.80. The molecule has 0 aliphatic carbocycles. The molecule has 110 valence electrons. The van der Waals surface area contributed by atoms with E-state index >= 15 is 0 Å². The molecule has 0 unspecified atom stereocenters. The smallest absolute Gasteiger partial charge is 0.312 e. The number of hydrogen-bond acceptors (Lipinski definition) is 5. The maximum atomic E-state index is 12.4. The van der Waals surface area contributed by atoms with Crippen LogP contribution in [0.3, 0.4) is 0 Å². The first-order chi connectivity index (χ1) is 9.43. The molecule has 1 aliphatic rings. The Balaban J connectivity index is 2.24. The Morgan fingerprint density at radius 2 is 2.00 bits per heavy atom. The van der Waals surface area contributed by atoms with Crippen molar-refractivity contribution in [3.63, 3.8) is 0 Å². The van der Waals surface area contributed by atoms with Crippen LogP contribution in [0.4, 0.5) is 5.69 Å². The number of amides is 1. The van der Waals surface area contributed by atoms with Crippen molar-refractivity contribution in [2.24, 2.45) is 0 Å². The number of carbonyl (C=O) groups excluding carboxylic acids is 1. The summed E-state index contributed by atoms with van der Waals surface area (Å²) in [5.74, 6) is -0.0891. The van der Waals surface area contributed by atoms with Crippen molar-refractivity contribution in [1.82, 2.24) is 14.7 Å². The SMILES string of the molecule is Cc1nn([C@@H](C)C(=O)N2CCOCC2)c(C)c1[N+](=O)[O-]. The zero-order valence-electron chi connectivity index (χ0n) is 11.8. The van der Waals surface area contributed by atoms with Gasteiger partial charge in [0.1, 0.15) is 17.4 Å². The van der Waals surface area contributed by atoms with Crippen molar-refractivity contribution in [2.45, 2.75) is 26.8 Å². The van der Waals surface area contributed by atoms with Crippen LogP contribution in [0.25, 0.3) is 0 Å². The molecule has 1 atom stereocenters. The minimum absolute atomic E-state index is 0.0216. The summed E-state index contributed by atoms with van der Waals surface area (Å²) in [7, 11) is 0. The van der Waals surface area contributed by atoms with Crippen LogP contribution in [0, 0.1) is 24.0 Å². The summed E-state index contributed by atoms with van der Waals surface area (Å²) in [6.07, 6.45) is 0. The molecule has 1 fully saturated rings. The lowest BCUT2D eigenvalue weighted by Crippen LogP contribution is -2.44. The predicted octanol–water partition coefficient (Wildman–Crippen LogP) is 0.828. The summed E-state index contributed by atoms with van der Waals surface area (Å²) >= 11 is 0. The summed E-state index contributed by atoms with van der Waals surface area (Å²) in [6.45, 7) is 7.04. The number of rotatable bonds is 3. The fraction of sp³-hybridized carbons (Fsp3) is 0.667. The molecule has 2 rings (SSSR count). The summed E-state index contributed by atoms with van der Waals surface area (Å²) in [4.78, 5) is 24.6. The largest absolute Gasteiger partial charge is 0.378 e. The van der Waals surface area contributed by atoms with Gasteiger partial charge < -0.3 is 9.64 Å². The topological polar surface area (TPSA) is 90.5 Å². The van der Waals surface area contributed by atoms with Gasteiger partial charge in [0.25, 0.3) is 0 Å². The third-order valence-corrected chi connectivity index (χ3v) is 3.52. The molecule has 1 amide bonds. The van der Waals surface area contributed by atoms with Crippen molar-refractivity contribution < 1.29 is 14.5 Å². The molecule has 0 N–H and O–H groups in total. The van der Waals surface area contributed by atoms with E-state index in [-0.39, 0.29) is 11.6 Å². The third-order valence-electron chi connectivity index (χ3n) is 3.52. The van der Waals surface area contributed by atoms with Gasteiger partial charge in [0.05, 0.1) is 18.1 Å². The Morgan fingerprint density at radius 3 is 2.50 bits per heavy atom. The van der Waals surface area contributed by atoms with Crippen molar-refractivity contribution in [1.29, 1.82) is 0 Å². The van der Waals surface area contributed by atoms with Crippen LogP contribution in [-0.2, 0) is 9.53 Å². The minimum Gasteiger partial charge on any atom is -0.378 e. The summed E-state index contributed by atoms with van der Waals surface area (Å²) in [6, 6.07) is -0.555. The van der Waals surface area contributed by atoms with Gasteiger partial charge >= 0.3 is 5.69 Å². The van der Waals surface area contributed by atoms with Crippen molar-refractivity contribution in [3.8, 4) is 0 Å². The van der Waals surface area contributed by atoms with E-state index in [4.69, 9.17) is 4.74 Å². The van der Waals surface area contributed by atoms with E-state index in [0.717, 1.165) is 0 Å². The molecule has 20 heavy (non-hydrogen) atoms. The normalized spacial score (nSPS) is 17.1. The van der Waals surface area contributed by atoms with Crippen LogP contribution in [0.5, 0.6) is 0 Å². The van der Waals surface area contributed by atoms with Crippen molar-refractivity contribution >= 4 is 11.6 Å². The van der Waals surface area contributed by atoms with Gasteiger partial charge in [0.2, 0.25) is 5.91 Å². The highest BCUT2D eigenvalue weighted by atomic mass is 16.6. The van der Waals surface area contributed by atoms with Gasteiger partial charge in [0.15, 0.2) is 0 Å². The molecule has 0 saturated carbocycles. The van der Waals surface area contributed by atoms with Gasteiger partial charge in [0, 0.05) is 13.1 Å². The van der Waals surface area contributed by atoms with Crippen LogP contribution in [0.15, 0.2) is 0 Å². The van der Waals surface area contributed by atoms with Crippen LogP contribution in [-0.4, -0.2) is 51.8 Å². The Bertz CT molecular complexity index is 534. The lowest BCUT2D eigenvalue weighted by molar-refractivity contribution is -0.386. The Hall–Kier alpha value is -1.96. The molecule has 1 aromatic rings. The molecule has 8 heteroatoms. The van der Waals surface area contributed by atoms with E-state index in [2.05, 4.69) is 5.10 Å². The van der Waals surface area contributed by atoms with Crippen LogP contribution >= 0.6 is 0 Å². The van der Waals surface area contributed by atoms with E-state index in [1.54, 1.807) is 25.7 Å². The van der Waals surface area contributed by atoms with E-state index < -0.39 is 11.0 Å². The van der Waals surface area contributed by atoms with Gasteiger partial charge in [-0.25, -0.2) is 0 Å². The lowest BCUT2D eigenvalue weighted by atomic mass is 10.2. The molecule has 0 spiro atoms. The molecule has 1 aromatic heterocycles. The Labute approximate surface area is 116 Å². The number of hydrogen-bond donors (Lipinski definition) is 0. The van der Waals surface area contributed by atoms with E-state index in [1.807, 2.05) is 0 Å². The van der Waals surface area contributed by atoms with E-state index in [0.29, 0.717) is 37.7 Å². The maximum Gasteiger partial charge on any atom is 0.312 e. The van der Waals surface area contributed by atoms with Gasteiger partial charge in [-0.15, -0.1) is 0 Å². The Kier molecular flexibility index (Phi) is 4.03. The molecule has 0 bridgehead atoms. The number of morpholine rings is 1. The first-order valence-electron chi connectivity index (χ1n) is 6.50. The van der Waals surface area contributed by atoms with Gasteiger partial charge in [-0.1, -0.05) is 0 Å². The van der Waals surface area contributed by atoms with Gasteiger partial charge in [-0.3, -0.25) is 19.6 Å². The zero-order chi connectivity index (χ0) is 14.9. The number of aromatic nitrogens is 2. The molecular weight excluding hydrogens is 264 g/mol. The molecule has 0 radical (unpaired) electrons. The fourth-order valence-corrected chi connectivity index (χ4v) is 2.45. The second kappa shape index (κ2) is 5.58. The molecule has 1 aliphatic heterocycles. The van der Waals surface area contributed by atoms with E-state index in [1.165, 1.54) is 4.68 Å². The molecule has 2 heterocycles. The van der Waals surface area contributed by atoms with Crippen LogP contribution in [0.1, 0.15) is 24.4 Å². The first-order valence-corrected chi connectivity index (χ1v) is 6.50. The zero-order valence-corrected chi connectivity index (χ0v) is 11.8. The molecule has 0 aromatic carbocycles. The molecule has 1 saturated heterocycles. The Morgan fingerprint density at radius 1 is 1.40 bits per heavy atom. The van der Waals surface area contributed by atoms with Crippen LogP contribution < -0.4 is 0 Å². The fourth-order valence-electron chi connectivity index (χ4n) is 2.45. The van der Waals surface area contributed by atoms with E-state index in [9.17, 15) is 14.9 Å². The average molecular weight is 282 g/mol. The number of carbonyl (C=O) groups is 1. The quantitative estimate of drug-likeness (QED) is 0.605. The summed E-state index contributed by atoms with van der Waals surface area (Å²) in [5.41, 5.74) is 0.711. The number of nitrogens with zero attached hydrogens (tertiary/aromatic N) is 4. The second-order valence-corrected chi connectivity index (χ2v) is 4.83. The van der Waals surface area contributed by atoms with Crippen molar-refractivity contribution in [3.05, 3.63) is 21.5 Å². The lowest BCUT2D eigenvalue weighted by Gasteiger charge is -2.29. The number of ether oxygens (including phenoxy) is 1. The second-order valence-electron chi connectivity index (χ2n) is 4.83. The van der Waals surface area contributed by atoms with Gasteiger partial charge in [-0.2, -0.15) is 5.10 Å². The summed E-state index contributed by atoms with van der Waals surface area (Å²) < 4.78 is 6.64. The predicted molar refractivity (Wildman–Crippen MR) is 70.5 cm³/mol. The highest BCUT2D eigenvalue weighted by Crippen LogP contribution is 2.25. The maximum absolute atomic E-state index is 12.4. The van der Waals surface area contributed by atoms with Crippen molar-refractivity contribution in [2.75, 3.05) is 26.3 Å². The number of aryl methyl sites for hydroxylation is 1. The molecule has 8 nitrogen and oxygen atoms in total. The van der Waals surface area contributed by atoms with Crippen LogP contribution in [0.2, 0.25) is 0 Å². The average Bonchev–Trinajstić information content (AvgIpc) is 2.73. The highest BCUT2D eigenvalue weighted by Gasteiger charge is 2.29.